The molecule has 0 unspecified atom stereocenters. The van der Waals surface area contributed by atoms with Gasteiger partial charge in [0.15, 0.2) is 0 Å². The van der Waals surface area contributed by atoms with Crippen LogP contribution in [0.5, 0.6) is 0 Å². The molecular weight excluding hydrogens is 252 g/mol. The molecule has 4 nitrogen and oxygen atoms in total. The van der Waals surface area contributed by atoms with Crippen LogP contribution in [0.2, 0.25) is 0 Å². The molecule has 0 saturated carbocycles. The molecule has 0 amide bonds. The van der Waals surface area contributed by atoms with Crippen molar-refractivity contribution in [3.8, 4) is 0 Å². The molecule has 2 aromatic carbocycles. The van der Waals surface area contributed by atoms with E-state index < -0.39 is 0 Å². The van der Waals surface area contributed by atoms with Crippen molar-refractivity contribution in [2.45, 2.75) is 26.3 Å². The summed E-state index contributed by atoms with van der Waals surface area (Å²) >= 11 is 0. The van der Waals surface area contributed by atoms with E-state index >= 15 is 0 Å². The first kappa shape index (κ1) is 14.1. The fourth-order valence-corrected chi connectivity index (χ4v) is 1.93. The number of nitro benzene ring substituents is 1. The summed E-state index contributed by atoms with van der Waals surface area (Å²) in [5.41, 5.74) is 3.50. The van der Waals surface area contributed by atoms with Crippen LogP contribution in [-0.2, 0) is 6.54 Å². The number of hydrogen-bond acceptors (Lipinski definition) is 3. The summed E-state index contributed by atoms with van der Waals surface area (Å²) in [4.78, 5) is 10.2. The Morgan fingerprint density at radius 1 is 1.05 bits per heavy atom. The van der Waals surface area contributed by atoms with Gasteiger partial charge < -0.3 is 5.32 Å². The molecule has 104 valence electrons. The maximum atomic E-state index is 10.6. The number of hydrogen-bond donors (Lipinski definition) is 1. The van der Waals surface area contributed by atoms with Crippen LogP contribution in [0.1, 0.15) is 30.9 Å². The Morgan fingerprint density at radius 2 is 1.65 bits per heavy atom. The molecular formula is C16H18N2O2. The van der Waals surface area contributed by atoms with Gasteiger partial charge in [0, 0.05) is 24.4 Å². The zero-order valence-corrected chi connectivity index (χ0v) is 11.7. The Bertz CT molecular complexity index is 574. The van der Waals surface area contributed by atoms with E-state index in [1.165, 1.54) is 17.7 Å². The van der Waals surface area contributed by atoms with E-state index in [1.807, 2.05) is 0 Å². The minimum absolute atomic E-state index is 0.120. The lowest BCUT2D eigenvalue weighted by molar-refractivity contribution is -0.384. The summed E-state index contributed by atoms with van der Waals surface area (Å²) in [5.74, 6) is 0.527. The monoisotopic (exact) mass is 270 g/mol. The van der Waals surface area contributed by atoms with Gasteiger partial charge in [0.2, 0.25) is 0 Å². The van der Waals surface area contributed by atoms with Gasteiger partial charge in [-0.25, -0.2) is 0 Å². The van der Waals surface area contributed by atoms with Crippen LogP contribution in [0, 0.1) is 10.1 Å². The largest absolute Gasteiger partial charge is 0.381 e. The Morgan fingerprint density at radius 3 is 2.15 bits per heavy atom. The predicted octanol–water partition coefficient (Wildman–Crippen LogP) is 4.33. The molecule has 0 heterocycles. The van der Waals surface area contributed by atoms with Crippen LogP contribution in [0.3, 0.4) is 0 Å². The third kappa shape index (κ3) is 3.57. The molecule has 0 saturated heterocycles. The first-order valence-corrected chi connectivity index (χ1v) is 6.63. The van der Waals surface area contributed by atoms with Crippen molar-refractivity contribution in [3.05, 3.63) is 69.8 Å². The quantitative estimate of drug-likeness (QED) is 0.650. The molecule has 0 aliphatic rings. The van der Waals surface area contributed by atoms with Crippen molar-refractivity contribution in [1.82, 2.24) is 0 Å². The number of nitrogens with zero attached hydrogens (tertiary/aromatic N) is 1. The number of benzene rings is 2. The lowest BCUT2D eigenvalue weighted by Gasteiger charge is -2.09. The topological polar surface area (TPSA) is 55.2 Å². The minimum Gasteiger partial charge on any atom is -0.381 e. The van der Waals surface area contributed by atoms with Gasteiger partial charge in [-0.1, -0.05) is 38.1 Å². The van der Waals surface area contributed by atoms with Gasteiger partial charge >= 0.3 is 0 Å². The lowest BCUT2D eigenvalue weighted by Crippen LogP contribution is -2.00. The van der Waals surface area contributed by atoms with Crippen molar-refractivity contribution in [2.24, 2.45) is 0 Å². The lowest BCUT2D eigenvalue weighted by atomic mass is 10.0. The van der Waals surface area contributed by atoms with E-state index in [9.17, 15) is 10.1 Å². The predicted molar refractivity (Wildman–Crippen MR) is 81.0 cm³/mol. The van der Waals surface area contributed by atoms with E-state index in [4.69, 9.17) is 0 Å². The Balaban J connectivity index is 1.96. The highest BCUT2D eigenvalue weighted by Gasteiger charge is 2.04. The van der Waals surface area contributed by atoms with Crippen LogP contribution in [-0.4, -0.2) is 4.92 Å². The summed E-state index contributed by atoms with van der Waals surface area (Å²) in [6, 6.07) is 14.9. The fraction of sp³-hybridized carbons (Fsp3) is 0.250. The van der Waals surface area contributed by atoms with Crippen LogP contribution in [0.25, 0.3) is 0 Å². The molecule has 0 spiro atoms. The third-order valence-electron chi connectivity index (χ3n) is 3.22. The number of rotatable bonds is 5. The second-order valence-corrected chi connectivity index (χ2v) is 5.05. The van der Waals surface area contributed by atoms with Crippen molar-refractivity contribution < 1.29 is 4.92 Å². The molecule has 2 rings (SSSR count). The normalized spacial score (nSPS) is 10.6. The van der Waals surface area contributed by atoms with Crippen molar-refractivity contribution >= 4 is 11.4 Å². The summed E-state index contributed by atoms with van der Waals surface area (Å²) in [7, 11) is 0. The SMILES string of the molecule is CC(C)c1ccc(NCc2ccc([N+](=O)[O-])cc2)cc1. The fourth-order valence-electron chi connectivity index (χ4n) is 1.93. The van der Waals surface area contributed by atoms with E-state index in [0.29, 0.717) is 12.5 Å². The summed E-state index contributed by atoms with van der Waals surface area (Å²) in [5, 5.41) is 13.9. The molecule has 0 aromatic heterocycles. The van der Waals surface area contributed by atoms with Gasteiger partial charge in [0.25, 0.3) is 5.69 Å². The highest BCUT2D eigenvalue weighted by molar-refractivity contribution is 5.46. The summed E-state index contributed by atoms with van der Waals surface area (Å²) in [6.07, 6.45) is 0. The number of non-ortho nitro benzene ring substituents is 1. The first-order chi connectivity index (χ1) is 9.56. The maximum absolute atomic E-state index is 10.6. The minimum atomic E-state index is -0.387. The zero-order valence-electron chi connectivity index (χ0n) is 11.7. The maximum Gasteiger partial charge on any atom is 0.269 e. The number of nitrogens with one attached hydrogen (secondary N) is 1. The average molecular weight is 270 g/mol. The molecule has 0 radical (unpaired) electrons. The summed E-state index contributed by atoms with van der Waals surface area (Å²) in [6.45, 7) is 4.98. The van der Waals surface area contributed by atoms with Crippen molar-refractivity contribution in [1.29, 1.82) is 0 Å². The van der Waals surface area contributed by atoms with Crippen LogP contribution >= 0.6 is 0 Å². The molecule has 2 aromatic rings. The molecule has 0 aliphatic carbocycles. The second-order valence-electron chi connectivity index (χ2n) is 5.05. The van der Waals surface area contributed by atoms with Gasteiger partial charge in [-0.3, -0.25) is 10.1 Å². The van der Waals surface area contributed by atoms with E-state index in [2.05, 4.69) is 43.4 Å². The molecule has 1 N–H and O–H groups in total. The second kappa shape index (κ2) is 6.19. The van der Waals surface area contributed by atoms with Crippen molar-refractivity contribution in [2.75, 3.05) is 5.32 Å². The van der Waals surface area contributed by atoms with Gasteiger partial charge in [-0.05, 0) is 29.2 Å². The van der Waals surface area contributed by atoms with E-state index in [-0.39, 0.29) is 10.6 Å². The number of nitro groups is 1. The van der Waals surface area contributed by atoms with Crippen LogP contribution < -0.4 is 5.32 Å². The number of anilines is 1. The van der Waals surface area contributed by atoms with Gasteiger partial charge in [0.05, 0.1) is 4.92 Å². The van der Waals surface area contributed by atoms with Gasteiger partial charge in [0.1, 0.15) is 0 Å². The van der Waals surface area contributed by atoms with Crippen LogP contribution in [0.15, 0.2) is 48.5 Å². The summed E-state index contributed by atoms with van der Waals surface area (Å²) < 4.78 is 0. The zero-order chi connectivity index (χ0) is 14.5. The highest BCUT2D eigenvalue weighted by atomic mass is 16.6. The first-order valence-electron chi connectivity index (χ1n) is 6.63. The molecule has 0 bridgehead atoms. The Hall–Kier alpha value is -2.36. The molecule has 0 atom stereocenters. The smallest absolute Gasteiger partial charge is 0.269 e. The van der Waals surface area contributed by atoms with Gasteiger partial charge in [-0.15, -0.1) is 0 Å². The van der Waals surface area contributed by atoms with E-state index in [0.717, 1.165) is 11.3 Å². The van der Waals surface area contributed by atoms with Crippen molar-refractivity contribution in [3.63, 3.8) is 0 Å². The Kier molecular flexibility index (Phi) is 4.35. The van der Waals surface area contributed by atoms with Gasteiger partial charge in [-0.2, -0.15) is 0 Å². The van der Waals surface area contributed by atoms with Crippen LogP contribution in [0.4, 0.5) is 11.4 Å². The van der Waals surface area contributed by atoms with E-state index in [1.54, 1.807) is 12.1 Å². The average Bonchev–Trinajstić information content (AvgIpc) is 2.46. The molecule has 0 fully saturated rings. The standard InChI is InChI=1S/C16H18N2O2/c1-12(2)14-5-7-15(8-6-14)17-11-13-3-9-16(10-4-13)18(19)20/h3-10,12,17H,11H2,1-2H3. The molecule has 0 aliphatic heterocycles. The Labute approximate surface area is 118 Å². The molecule has 20 heavy (non-hydrogen) atoms. The third-order valence-corrected chi connectivity index (χ3v) is 3.22. The molecule has 4 heteroatoms. The highest BCUT2D eigenvalue weighted by Crippen LogP contribution is 2.18.